The van der Waals surface area contributed by atoms with Crippen LogP contribution in [0.15, 0.2) is 42.7 Å². The Hall–Kier alpha value is -3.15. The topological polar surface area (TPSA) is 69.0 Å². The van der Waals surface area contributed by atoms with Crippen LogP contribution in [0.1, 0.15) is 65.5 Å². The molecule has 0 bridgehead atoms. The van der Waals surface area contributed by atoms with Gasteiger partial charge in [-0.1, -0.05) is 19.3 Å². The summed E-state index contributed by atoms with van der Waals surface area (Å²) in [4.78, 5) is 21.2. The number of carbonyl (C=O) groups is 1. The molecule has 1 amide bonds. The molecule has 0 radical (unpaired) electrons. The molecule has 1 fully saturated rings. The number of aromatic nitrogens is 3. The zero-order valence-corrected chi connectivity index (χ0v) is 17.8. The van der Waals surface area contributed by atoms with Gasteiger partial charge < -0.3 is 14.6 Å². The maximum atomic E-state index is 13.0. The van der Waals surface area contributed by atoms with Crippen molar-refractivity contribution in [3.63, 3.8) is 0 Å². The average Bonchev–Trinajstić information content (AvgIpc) is 3.05. The molecule has 1 saturated carbocycles. The molecular formula is C24H28N4O2. The number of amides is 1. The fraction of sp³-hybridized carbons (Fsp3) is 0.375. The van der Waals surface area contributed by atoms with Crippen LogP contribution in [0.2, 0.25) is 0 Å². The van der Waals surface area contributed by atoms with E-state index in [1.54, 1.807) is 18.5 Å². The molecule has 4 rings (SSSR count). The summed E-state index contributed by atoms with van der Waals surface area (Å²) in [5, 5.41) is 3.06. The smallest absolute Gasteiger partial charge is 0.321 e. The monoisotopic (exact) mass is 404 g/mol. The normalized spacial score (nSPS) is 14.5. The second-order valence-electron chi connectivity index (χ2n) is 8.01. The van der Waals surface area contributed by atoms with Crippen molar-refractivity contribution in [3.05, 3.63) is 65.2 Å². The maximum Gasteiger partial charge on any atom is 0.321 e. The minimum absolute atomic E-state index is 0.0756. The third-order valence-electron chi connectivity index (χ3n) is 5.87. The zero-order chi connectivity index (χ0) is 21.1. The van der Waals surface area contributed by atoms with Gasteiger partial charge in [-0.3, -0.25) is 4.79 Å². The Balaban J connectivity index is 1.50. The van der Waals surface area contributed by atoms with E-state index in [1.165, 1.54) is 32.1 Å². The highest BCUT2D eigenvalue weighted by molar-refractivity contribution is 6.05. The number of benzene rings is 1. The highest BCUT2D eigenvalue weighted by atomic mass is 16.5. The van der Waals surface area contributed by atoms with Crippen LogP contribution >= 0.6 is 0 Å². The Morgan fingerprint density at radius 3 is 2.50 bits per heavy atom. The average molecular weight is 405 g/mol. The van der Waals surface area contributed by atoms with E-state index in [4.69, 9.17) is 4.74 Å². The molecule has 0 saturated heterocycles. The third kappa shape index (κ3) is 4.22. The Bertz CT molecular complexity index is 1040. The van der Waals surface area contributed by atoms with Crippen molar-refractivity contribution >= 4 is 11.6 Å². The summed E-state index contributed by atoms with van der Waals surface area (Å²) in [7, 11) is 0. The lowest BCUT2D eigenvalue weighted by molar-refractivity contribution is 0.102. The predicted molar refractivity (Wildman–Crippen MR) is 117 cm³/mol. The first-order valence-corrected chi connectivity index (χ1v) is 10.6. The number of nitrogens with one attached hydrogen (secondary N) is 1. The van der Waals surface area contributed by atoms with Gasteiger partial charge in [0.2, 0.25) is 0 Å². The Morgan fingerprint density at radius 1 is 1.07 bits per heavy atom. The van der Waals surface area contributed by atoms with Crippen LogP contribution in [0.3, 0.4) is 0 Å². The molecule has 0 aliphatic heterocycles. The molecule has 6 heteroatoms. The summed E-state index contributed by atoms with van der Waals surface area (Å²) < 4.78 is 8.03. The van der Waals surface area contributed by atoms with Crippen molar-refractivity contribution in [2.45, 2.75) is 58.9 Å². The van der Waals surface area contributed by atoms with Crippen LogP contribution in [0.25, 0.3) is 0 Å². The number of carbonyl (C=O) groups excluding carboxylic acids is 1. The first kappa shape index (κ1) is 20.1. The van der Waals surface area contributed by atoms with Gasteiger partial charge in [0.25, 0.3) is 5.91 Å². The summed E-state index contributed by atoms with van der Waals surface area (Å²) in [5.74, 6) is 0.556. The zero-order valence-electron chi connectivity index (χ0n) is 17.8. The van der Waals surface area contributed by atoms with Gasteiger partial charge in [0.1, 0.15) is 5.75 Å². The number of ether oxygens (including phenoxy) is 1. The van der Waals surface area contributed by atoms with Gasteiger partial charge in [-0.25, -0.2) is 9.97 Å². The Morgan fingerprint density at radius 2 is 1.80 bits per heavy atom. The third-order valence-corrected chi connectivity index (χ3v) is 5.87. The molecule has 0 spiro atoms. The fourth-order valence-corrected chi connectivity index (χ4v) is 4.38. The highest BCUT2D eigenvalue weighted by Crippen LogP contribution is 2.32. The van der Waals surface area contributed by atoms with Gasteiger partial charge in [0.15, 0.2) is 0 Å². The van der Waals surface area contributed by atoms with E-state index in [-0.39, 0.29) is 5.91 Å². The van der Waals surface area contributed by atoms with Crippen LogP contribution in [-0.2, 0) is 0 Å². The number of rotatable bonds is 5. The lowest BCUT2D eigenvalue weighted by Crippen LogP contribution is -2.17. The molecule has 30 heavy (non-hydrogen) atoms. The van der Waals surface area contributed by atoms with E-state index in [0.29, 0.717) is 17.8 Å². The maximum absolute atomic E-state index is 13.0. The van der Waals surface area contributed by atoms with Crippen LogP contribution in [0.4, 0.5) is 5.69 Å². The largest absolute Gasteiger partial charge is 0.424 e. The molecule has 0 unspecified atom stereocenters. The molecule has 1 aliphatic rings. The Kier molecular flexibility index (Phi) is 5.84. The molecule has 1 aromatic carbocycles. The summed E-state index contributed by atoms with van der Waals surface area (Å²) in [6, 6.07) is 10.1. The van der Waals surface area contributed by atoms with Crippen molar-refractivity contribution in [1.29, 1.82) is 0 Å². The first-order chi connectivity index (χ1) is 14.5. The van der Waals surface area contributed by atoms with Crippen molar-refractivity contribution < 1.29 is 9.53 Å². The summed E-state index contributed by atoms with van der Waals surface area (Å²) in [6.07, 6.45) is 9.52. The van der Waals surface area contributed by atoms with E-state index >= 15 is 0 Å². The summed E-state index contributed by atoms with van der Waals surface area (Å²) >= 11 is 0. The number of hydrogen-bond acceptors (Lipinski definition) is 4. The predicted octanol–water partition coefficient (Wildman–Crippen LogP) is 5.75. The van der Waals surface area contributed by atoms with E-state index in [1.807, 2.05) is 31.2 Å². The van der Waals surface area contributed by atoms with Gasteiger partial charge in [-0.2, -0.15) is 0 Å². The SMILES string of the molecule is Cc1cc(Oc2ncccn2)ccc1NC(=O)c1cc(C)n(C2CCCCC2)c1C. The van der Waals surface area contributed by atoms with Gasteiger partial charge in [-0.05, 0) is 69.5 Å². The quantitative estimate of drug-likeness (QED) is 0.587. The lowest BCUT2D eigenvalue weighted by Gasteiger charge is -2.26. The minimum atomic E-state index is -0.0756. The molecule has 156 valence electrons. The van der Waals surface area contributed by atoms with Crippen LogP contribution in [-0.4, -0.2) is 20.4 Å². The van der Waals surface area contributed by atoms with Gasteiger partial charge >= 0.3 is 6.01 Å². The van der Waals surface area contributed by atoms with Crippen molar-refractivity contribution in [1.82, 2.24) is 14.5 Å². The summed E-state index contributed by atoms with van der Waals surface area (Å²) in [6.45, 7) is 6.10. The van der Waals surface area contributed by atoms with E-state index in [9.17, 15) is 4.79 Å². The van der Waals surface area contributed by atoms with Crippen molar-refractivity contribution in [2.24, 2.45) is 0 Å². The molecule has 2 heterocycles. The van der Waals surface area contributed by atoms with Crippen LogP contribution in [0.5, 0.6) is 11.8 Å². The molecule has 1 aliphatic carbocycles. The van der Waals surface area contributed by atoms with Crippen molar-refractivity contribution in [3.8, 4) is 11.8 Å². The first-order valence-electron chi connectivity index (χ1n) is 10.6. The molecule has 0 atom stereocenters. The fourth-order valence-electron chi connectivity index (χ4n) is 4.38. The van der Waals surface area contributed by atoms with Gasteiger partial charge in [0, 0.05) is 35.5 Å². The molecule has 3 aromatic rings. The van der Waals surface area contributed by atoms with Crippen LogP contribution < -0.4 is 10.1 Å². The number of hydrogen-bond donors (Lipinski definition) is 1. The number of nitrogens with zero attached hydrogens (tertiary/aromatic N) is 3. The van der Waals surface area contributed by atoms with E-state index in [0.717, 1.165) is 28.2 Å². The minimum Gasteiger partial charge on any atom is -0.424 e. The number of aryl methyl sites for hydroxylation is 2. The molecule has 6 nitrogen and oxygen atoms in total. The molecule has 1 N–H and O–H groups in total. The van der Waals surface area contributed by atoms with Gasteiger partial charge in [-0.15, -0.1) is 0 Å². The second kappa shape index (κ2) is 8.69. The summed E-state index contributed by atoms with van der Waals surface area (Å²) in [5.41, 5.74) is 4.64. The van der Waals surface area contributed by atoms with Crippen molar-refractivity contribution in [2.75, 3.05) is 5.32 Å². The lowest BCUT2D eigenvalue weighted by atomic mass is 9.95. The van der Waals surface area contributed by atoms with Crippen LogP contribution in [0, 0.1) is 20.8 Å². The van der Waals surface area contributed by atoms with E-state index in [2.05, 4.69) is 33.7 Å². The Labute approximate surface area is 177 Å². The van der Waals surface area contributed by atoms with Gasteiger partial charge in [0.05, 0.1) is 5.56 Å². The number of anilines is 1. The molecular weight excluding hydrogens is 376 g/mol. The molecule has 2 aromatic heterocycles. The highest BCUT2D eigenvalue weighted by Gasteiger charge is 2.23. The van der Waals surface area contributed by atoms with E-state index < -0.39 is 0 Å². The second-order valence-corrected chi connectivity index (χ2v) is 8.01. The standard InChI is InChI=1S/C24H28N4O2/c1-16-14-20(30-24-25-12-7-13-26-24)10-11-22(16)27-23(29)21-15-17(2)28(18(21)3)19-8-5-4-6-9-19/h7,10-15,19H,4-6,8-9H2,1-3H3,(H,27,29).